The van der Waals surface area contributed by atoms with Crippen molar-refractivity contribution in [3.8, 4) is 0 Å². The Kier molecular flexibility index (Phi) is 5.14. The first-order valence-electron chi connectivity index (χ1n) is 10.8. The molecule has 0 atom stereocenters. The van der Waals surface area contributed by atoms with Gasteiger partial charge in [-0.15, -0.1) is 0 Å². The van der Waals surface area contributed by atoms with E-state index in [1.54, 1.807) is 11.8 Å². The third-order valence-electron chi connectivity index (χ3n) is 6.04. The minimum Gasteiger partial charge on any atom is -0.338 e. The second-order valence-corrected chi connectivity index (χ2v) is 9.23. The molecule has 0 unspecified atom stereocenters. The lowest BCUT2D eigenvalue weighted by atomic mass is 10.0. The maximum absolute atomic E-state index is 13.4. The van der Waals surface area contributed by atoms with Gasteiger partial charge < -0.3 is 4.90 Å². The van der Waals surface area contributed by atoms with Crippen molar-refractivity contribution >= 4 is 45.5 Å². The summed E-state index contributed by atoms with van der Waals surface area (Å²) in [5.74, 6) is -0.0614. The topological polar surface area (TPSA) is 35.9 Å². The standard InChI is InChI=1S/C27H25N3OS/c1-5-19(25-18(3)28-30(27(25)31)21-13-10-17(2)11-14-21)16-24-29(4)26-22-9-7-6-8-20(22)12-15-23(26)32-24/h6-16H,5H2,1-4H3/b24-16-,25-19+. The van der Waals surface area contributed by atoms with Crippen molar-refractivity contribution in [1.82, 2.24) is 0 Å². The molecule has 2 heterocycles. The van der Waals surface area contributed by atoms with Gasteiger partial charge in [-0.1, -0.05) is 66.7 Å². The molecule has 3 aromatic rings. The van der Waals surface area contributed by atoms with E-state index in [4.69, 9.17) is 0 Å². The SMILES string of the molecule is CCC(/C=C1\Sc2ccc3ccccc3c2N1C)=C1\C(=O)N(c2ccc(C)cc2)N=C1C. The van der Waals surface area contributed by atoms with E-state index in [1.165, 1.54) is 26.4 Å². The molecule has 0 saturated heterocycles. The lowest BCUT2D eigenvalue weighted by Gasteiger charge is -2.17. The largest absolute Gasteiger partial charge is 0.338 e. The van der Waals surface area contributed by atoms with E-state index in [2.05, 4.69) is 66.4 Å². The molecule has 4 nitrogen and oxygen atoms in total. The van der Waals surface area contributed by atoms with Crippen LogP contribution in [0.15, 0.2) is 92.9 Å². The predicted octanol–water partition coefficient (Wildman–Crippen LogP) is 6.66. The summed E-state index contributed by atoms with van der Waals surface area (Å²) in [6.45, 7) is 6.05. The fourth-order valence-electron chi connectivity index (χ4n) is 4.32. The third-order valence-corrected chi connectivity index (χ3v) is 7.19. The molecule has 5 heteroatoms. The highest BCUT2D eigenvalue weighted by Gasteiger charge is 2.31. The zero-order chi connectivity index (χ0) is 22.4. The van der Waals surface area contributed by atoms with Crippen molar-refractivity contribution in [3.05, 3.63) is 88.5 Å². The molecule has 0 saturated carbocycles. The number of hydrogen-bond acceptors (Lipinski definition) is 4. The molecular formula is C27H25N3OS. The van der Waals surface area contributed by atoms with Gasteiger partial charge >= 0.3 is 0 Å². The summed E-state index contributed by atoms with van der Waals surface area (Å²) in [5.41, 5.74) is 5.66. The van der Waals surface area contributed by atoms with Crippen molar-refractivity contribution in [3.63, 3.8) is 0 Å². The van der Waals surface area contributed by atoms with E-state index >= 15 is 0 Å². The number of aryl methyl sites for hydroxylation is 1. The molecular weight excluding hydrogens is 414 g/mol. The maximum atomic E-state index is 13.4. The number of benzene rings is 3. The zero-order valence-electron chi connectivity index (χ0n) is 18.7. The molecule has 1 amide bonds. The van der Waals surface area contributed by atoms with Crippen LogP contribution in [0, 0.1) is 6.92 Å². The van der Waals surface area contributed by atoms with E-state index in [0.29, 0.717) is 5.57 Å². The first kappa shape index (κ1) is 20.6. The number of hydrazone groups is 1. The average Bonchev–Trinajstić information content (AvgIpc) is 3.28. The molecule has 160 valence electrons. The van der Waals surface area contributed by atoms with E-state index in [0.717, 1.165) is 34.0 Å². The van der Waals surface area contributed by atoms with Crippen LogP contribution in [0.3, 0.4) is 0 Å². The van der Waals surface area contributed by atoms with Crippen molar-refractivity contribution in [2.45, 2.75) is 32.1 Å². The van der Waals surface area contributed by atoms with Gasteiger partial charge in [0.15, 0.2) is 0 Å². The van der Waals surface area contributed by atoms with Crippen LogP contribution in [-0.2, 0) is 4.79 Å². The van der Waals surface area contributed by atoms with Crippen LogP contribution in [-0.4, -0.2) is 18.7 Å². The molecule has 0 bridgehead atoms. The lowest BCUT2D eigenvalue weighted by Crippen LogP contribution is -2.22. The van der Waals surface area contributed by atoms with E-state index in [1.807, 2.05) is 38.1 Å². The molecule has 0 N–H and O–H groups in total. The maximum Gasteiger partial charge on any atom is 0.280 e. The van der Waals surface area contributed by atoms with E-state index < -0.39 is 0 Å². The number of carbonyl (C=O) groups is 1. The van der Waals surface area contributed by atoms with Crippen molar-refractivity contribution in [2.75, 3.05) is 17.0 Å². The molecule has 0 spiro atoms. The second kappa shape index (κ2) is 7.99. The normalized spacial score (nSPS) is 18.6. The Bertz CT molecular complexity index is 1330. The molecule has 0 aliphatic carbocycles. The Labute approximate surface area is 192 Å². The summed E-state index contributed by atoms with van der Waals surface area (Å²) in [6, 6.07) is 20.7. The monoisotopic (exact) mass is 439 g/mol. The van der Waals surface area contributed by atoms with Gasteiger partial charge in [0, 0.05) is 17.3 Å². The minimum absolute atomic E-state index is 0.0614. The molecule has 0 fully saturated rings. The molecule has 0 radical (unpaired) electrons. The van der Waals surface area contributed by atoms with Gasteiger partial charge in [0.1, 0.15) is 0 Å². The summed E-state index contributed by atoms with van der Waals surface area (Å²) in [4.78, 5) is 16.8. The molecule has 2 aliphatic heterocycles. The first-order valence-corrected chi connectivity index (χ1v) is 11.6. The quantitative estimate of drug-likeness (QED) is 0.428. The zero-order valence-corrected chi connectivity index (χ0v) is 19.5. The summed E-state index contributed by atoms with van der Waals surface area (Å²) in [5, 5.41) is 9.70. The van der Waals surface area contributed by atoms with Gasteiger partial charge in [-0.25, -0.2) is 0 Å². The Morgan fingerprint density at radius 1 is 1.03 bits per heavy atom. The third kappa shape index (κ3) is 3.33. The van der Waals surface area contributed by atoms with Crippen LogP contribution < -0.4 is 9.91 Å². The number of rotatable bonds is 3. The Morgan fingerprint density at radius 2 is 1.78 bits per heavy atom. The van der Waals surface area contributed by atoms with Gasteiger partial charge in [-0.2, -0.15) is 10.1 Å². The highest BCUT2D eigenvalue weighted by Crippen LogP contribution is 2.49. The Balaban J connectivity index is 1.54. The molecule has 32 heavy (non-hydrogen) atoms. The summed E-state index contributed by atoms with van der Waals surface area (Å²) in [6.07, 6.45) is 2.91. The van der Waals surface area contributed by atoms with Crippen LogP contribution in [0.4, 0.5) is 11.4 Å². The van der Waals surface area contributed by atoms with Crippen molar-refractivity contribution in [2.24, 2.45) is 5.10 Å². The Morgan fingerprint density at radius 3 is 2.53 bits per heavy atom. The fourth-order valence-corrected chi connectivity index (χ4v) is 5.45. The molecule has 0 aromatic heterocycles. The van der Waals surface area contributed by atoms with Gasteiger partial charge in [0.25, 0.3) is 5.91 Å². The van der Waals surface area contributed by atoms with Gasteiger partial charge in [0.2, 0.25) is 0 Å². The number of thioether (sulfide) groups is 1. The van der Waals surface area contributed by atoms with Crippen LogP contribution in [0.25, 0.3) is 10.8 Å². The Hall–Kier alpha value is -3.31. The van der Waals surface area contributed by atoms with Crippen molar-refractivity contribution in [1.29, 1.82) is 0 Å². The number of nitrogens with zero attached hydrogens (tertiary/aromatic N) is 3. The van der Waals surface area contributed by atoms with Crippen LogP contribution in [0.5, 0.6) is 0 Å². The number of anilines is 2. The molecule has 2 aliphatic rings. The highest BCUT2D eigenvalue weighted by atomic mass is 32.2. The first-order chi connectivity index (χ1) is 15.5. The number of amides is 1. The highest BCUT2D eigenvalue weighted by molar-refractivity contribution is 8.03. The lowest BCUT2D eigenvalue weighted by molar-refractivity contribution is -0.114. The number of allylic oxidation sites excluding steroid dienone is 2. The summed E-state index contributed by atoms with van der Waals surface area (Å²) >= 11 is 1.75. The van der Waals surface area contributed by atoms with Crippen LogP contribution >= 0.6 is 11.8 Å². The molecule has 5 rings (SSSR count). The number of fused-ring (bicyclic) bond motifs is 3. The van der Waals surface area contributed by atoms with Gasteiger partial charge in [-0.3, -0.25) is 4.79 Å². The van der Waals surface area contributed by atoms with Gasteiger partial charge in [0.05, 0.1) is 27.7 Å². The van der Waals surface area contributed by atoms with Crippen LogP contribution in [0.2, 0.25) is 0 Å². The number of carbonyl (C=O) groups excluding carboxylic acids is 1. The smallest absolute Gasteiger partial charge is 0.280 e. The average molecular weight is 440 g/mol. The summed E-state index contributed by atoms with van der Waals surface area (Å²) < 4.78 is 0. The summed E-state index contributed by atoms with van der Waals surface area (Å²) in [7, 11) is 2.10. The number of hydrogen-bond donors (Lipinski definition) is 0. The van der Waals surface area contributed by atoms with E-state index in [9.17, 15) is 4.79 Å². The predicted molar refractivity (Wildman–Crippen MR) is 135 cm³/mol. The van der Waals surface area contributed by atoms with Crippen molar-refractivity contribution < 1.29 is 4.79 Å². The van der Waals surface area contributed by atoms with Gasteiger partial charge in [-0.05, 0) is 55.5 Å². The minimum atomic E-state index is -0.0614. The molecule has 3 aromatic carbocycles. The fraction of sp³-hybridized carbons (Fsp3) is 0.185. The van der Waals surface area contributed by atoms with Crippen LogP contribution in [0.1, 0.15) is 25.8 Å². The van der Waals surface area contributed by atoms with E-state index in [-0.39, 0.29) is 5.91 Å². The second-order valence-electron chi connectivity index (χ2n) is 8.17.